The number of hydrogen-bond acceptors (Lipinski definition) is 4. The Hall–Kier alpha value is -0.810. The Balaban J connectivity index is 2.46. The molecule has 2 N–H and O–H groups in total. The third-order valence-electron chi connectivity index (χ3n) is 2.67. The summed E-state index contributed by atoms with van der Waals surface area (Å²) in [7, 11) is 1.54. The molecule has 1 aromatic carbocycles. The highest BCUT2D eigenvalue weighted by Crippen LogP contribution is 2.25. The van der Waals surface area contributed by atoms with E-state index in [2.05, 4.69) is 19.2 Å². The zero-order valence-electron chi connectivity index (χ0n) is 12.4. The summed E-state index contributed by atoms with van der Waals surface area (Å²) in [5.74, 6) is 1.20. The molecule has 0 radical (unpaired) electrons. The van der Waals surface area contributed by atoms with Gasteiger partial charge in [-0.2, -0.15) is 0 Å². The monoisotopic (exact) mass is 301 g/mol. The summed E-state index contributed by atoms with van der Waals surface area (Å²) in [5, 5.41) is 13.4. The molecule has 4 nitrogen and oxygen atoms in total. The zero-order valence-corrected chi connectivity index (χ0v) is 13.1. The van der Waals surface area contributed by atoms with Crippen LogP contribution in [0.5, 0.6) is 5.75 Å². The molecule has 1 rings (SSSR count). The minimum absolute atomic E-state index is 0.165. The van der Waals surface area contributed by atoms with Crippen molar-refractivity contribution >= 4 is 11.6 Å². The lowest BCUT2D eigenvalue weighted by Crippen LogP contribution is -2.22. The lowest BCUT2D eigenvalue weighted by molar-refractivity contribution is 0.0326. The average Bonchev–Trinajstić information content (AvgIpc) is 2.37. The fraction of sp³-hybridized carbons (Fsp3) is 0.600. The van der Waals surface area contributed by atoms with Gasteiger partial charge in [-0.05, 0) is 30.2 Å². The van der Waals surface area contributed by atoms with Crippen molar-refractivity contribution in [1.82, 2.24) is 5.32 Å². The van der Waals surface area contributed by atoms with Crippen LogP contribution < -0.4 is 10.1 Å². The quantitative estimate of drug-likeness (QED) is 0.736. The van der Waals surface area contributed by atoms with Gasteiger partial charge in [-0.25, -0.2) is 0 Å². The maximum atomic E-state index is 9.52. The van der Waals surface area contributed by atoms with E-state index in [9.17, 15) is 5.11 Å². The van der Waals surface area contributed by atoms with E-state index in [-0.39, 0.29) is 13.2 Å². The van der Waals surface area contributed by atoms with Crippen molar-refractivity contribution in [3.63, 3.8) is 0 Å². The normalized spacial score (nSPS) is 12.7. The number of benzene rings is 1. The van der Waals surface area contributed by atoms with Gasteiger partial charge in [0.1, 0.15) is 18.5 Å². The lowest BCUT2D eigenvalue weighted by Gasteiger charge is -2.13. The highest BCUT2D eigenvalue weighted by atomic mass is 35.5. The first-order chi connectivity index (χ1) is 9.52. The minimum atomic E-state index is -0.650. The molecule has 5 heteroatoms. The molecule has 20 heavy (non-hydrogen) atoms. The second-order valence-electron chi connectivity index (χ2n) is 5.21. The number of aliphatic hydroxyl groups is 1. The second-order valence-corrected chi connectivity index (χ2v) is 5.62. The Morgan fingerprint density at radius 1 is 1.30 bits per heavy atom. The van der Waals surface area contributed by atoms with Crippen LogP contribution in [0, 0.1) is 5.92 Å². The first-order valence-corrected chi connectivity index (χ1v) is 7.19. The molecule has 1 unspecified atom stereocenters. The van der Waals surface area contributed by atoms with Crippen LogP contribution in [0.1, 0.15) is 19.4 Å². The summed E-state index contributed by atoms with van der Waals surface area (Å²) in [5.41, 5.74) is 1.11. The summed E-state index contributed by atoms with van der Waals surface area (Å²) in [4.78, 5) is 0. The third kappa shape index (κ3) is 6.57. The van der Waals surface area contributed by atoms with Crippen LogP contribution in [0.2, 0.25) is 5.02 Å². The van der Waals surface area contributed by atoms with Gasteiger partial charge in [-0.1, -0.05) is 31.5 Å². The van der Waals surface area contributed by atoms with E-state index in [0.29, 0.717) is 16.7 Å². The Bertz CT molecular complexity index is 399. The summed E-state index contributed by atoms with van der Waals surface area (Å²) in [6, 6.07) is 5.68. The van der Waals surface area contributed by atoms with Crippen LogP contribution in [0.25, 0.3) is 0 Å². The van der Waals surface area contributed by atoms with Crippen LogP contribution in [-0.4, -0.2) is 38.1 Å². The first kappa shape index (κ1) is 17.2. The molecule has 1 aromatic rings. The van der Waals surface area contributed by atoms with E-state index in [0.717, 1.165) is 18.7 Å². The second kappa shape index (κ2) is 9.19. The predicted molar refractivity (Wildman–Crippen MR) is 81.4 cm³/mol. The summed E-state index contributed by atoms with van der Waals surface area (Å²) < 4.78 is 10.3. The maximum absolute atomic E-state index is 9.52. The van der Waals surface area contributed by atoms with Crippen LogP contribution in [0.3, 0.4) is 0 Å². The number of halogens is 1. The predicted octanol–water partition coefficient (Wildman–Crippen LogP) is 2.47. The van der Waals surface area contributed by atoms with Crippen LogP contribution in [-0.2, 0) is 11.3 Å². The van der Waals surface area contributed by atoms with Crippen LogP contribution in [0.15, 0.2) is 18.2 Å². The SMILES string of the molecule is COCC(O)COc1ccc(CNCC(C)C)cc1Cl. The van der Waals surface area contributed by atoms with Crippen molar-refractivity contribution in [1.29, 1.82) is 0 Å². The Kier molecular flexibility index (Phi) is 7.92. The van der Waals surface area contributed by atoms with Gasteiger partial charge in [-0.3, -0.25) is 0 Å². The van der Waals surface area contributed by atoms with Gasteiger partial charge >= 0.3 is 0 Å². The van der Waals surface area contributed by atoms with Gasteiger partial charge in [0.05, 0.1) is 11.6 Å². The zero-order chi connectivity index (χ0) is 15.0. The van der Waals surface area contributed by atoms with E-state index in [4.69, 9.17) is 21.1 Å². The van der Waals surface area contributed by atoms with Gasteiger partial charge < -0.3 is 19.9 Å². The van der Waals surface area contributed by atoms with Crippen molar-refractivity contribution in [3.8, 4) is 5.75 Å². The molecule has 0 amide bonds. The lowest BCUT2D eigenvalue weighted by atomic mass is 10.2. The first-order valence-electron chi connectivity index (χ1n) is 6.82. The number of aliphatic hydroxyl groups excluding tert-OH is 1. The number of ether oxygens (including phenoxy) is 2. The van der Waals surface area contributed by atoms with Gasteiger partial charge in [0, 0.05) is 13.7 Å². The third-order valence-corrected chi connectivity index (χ3v) is 2.96. The van der Waals surface area contributed by atoms with Gasteiger partial charge in [0.2, 0.25) is 0 Å². The molecule has 1 atom stereocenters. The highest BCUT2D eigenvalue weighted by Gasteiger charge is 2.08. The molecule has 0 aliphatic carbocycles. The Labute approximate surface area is 126 Å². The molecule has 0 saturated carbocycles. The number of hydrogen-bond donors (Lipinski definition) is 2. The average molecular weight is 302 g/mol. The summed E-state index contributed by atoms with van der Waals surface area (Å²) in [6.07, 6.45) is -0.650. The molecule has 0 aliphatic heterocycles. The standard InChI is InChI=1S/C15H24ClNO3/c1-11(2)7-17-8-12-4-5-15(14(16)6-12)20-10-13(18)9-19-3/h4-6,11,13,17-18H,7-10H2,1-3H3. The largest absolute Gasteiger partial charge is 0.489 e. The van der Waals surface area contributed by atoms with Gasteiger partial charge in [-0.15, -0.1) is 0 Å². The van der Waals surface area contributed by atoms with E-state index in [1.165, 1.54) is 7.11 Å². The van der Waals surface area contributed by atoms with Crippen LogP contribution >= 0.6 is 11.6 Å². The molecular formula is C15H24ClNO3. The molecular weight excluding hydrogens is 278 g/mol. The summed E-state index contributed by atoms with van der Waals surface area (Å²) in [6.45, 7) is 6.50. The Morgan fingerprint density at radius 2 is 2.05 bits per heavy atom. The highest BCUT2D eigenvalue weighted by molar-refractivity contribution is 6.32. The topological polar surface area (TPSA) is 50.7 Å². The van der Waals surface area contributed by atoms with Crippen molar-refractivity contribution < 1.29 is 14.6 Å². The molecule has 0 spiro atoms. The Morgan fingerprint density at radius 3 is 2.65 bits per heavy atom. The van der Waals surface area contributed by atoms with Crippen molar-refractivity contribution in [3.05, 3.63) is 28.8 Å². The van der Waals surface area contributed by atoms with E-state index in [1.807, 2.05) is 18.2 Å². The van der Waals surface area contributed by atoms with Crippen molar-refractivity contribution in [2.24, 2.45) is 5.92 Å². The number of rotatable bonds is 9. The molecule has 0 bridgehead atoms. The molecule has 0 saturated heterocycles. The fourth-order valence-corrected chi connectivity index (χ4v) is 1.96. The summed E-state index contributed by atoms with van der Waals surface area (Å²) >= 11 is 6.17. The van der Waals surface area contributed by atoms with E-state index in [1.54, 1.807) is 0 Å². The smallest absolute Gasteiger partial charge is 0.138 e. The van der Waals surface area contributed by atoms with Gasteiger partial charge in [0.25, 0.3) is 0 Å². The molecule has 0 heterocycles. The minimum Gasteiger partial charge on any atom is -0.489 e. The van der Waals surface area contributed by atoms with E-state index < -0.39 is 6.10 Å². The van der Waals surface area contributed by atoms with Crippen molar-refractivity contribution in [2.45, 2.75) is 26.5 Å². The van der Waals surface area contributed by atoms with E-state index >= 15 is 0 Å². The maximum Gasteiger partial charge on any atom is 0.138 e. The molecule has 0 aromatic heterocycles. The number of methoxy groups -OCH3 is 1. The van der Waals surface area contributed by atoms with Crippen molar-refractivity contribution in [2.75, 3.05) is 26.9 Å². The fourth-order valence-electron chi connectivity index (χ4n) is 1.70. The van der Waals surface area contributed by atoms with Crippen LogP contribution in [0.4, 0.5) is 0 Å². The molecule has 0 aliphatic rings. The molecule has 114 valence electrons. The number of nitrogens with one attached hydrogen (secondary N) is 1. The van der Waals surface area contributed by atoms with Gasteiger partial charge in [0.15, 0.2) is 0 Å². The molecule has 0 fully saturated rings.